The normalized spacial score (nSPS) is 15.8. The molecular formula is C20H30N2O3. The van der Waals surface area contributed by atoms with Crippen molar-refractivity contribution in [2.75, 3.05) is 25.5 Å². The molecule has 2 rings (SSSR count). The third-order valence-corrected chi connectivity index (χ3v) is 4.92. The van der Waals surface area contributed by atoms with Crippen LogP contribution in [0.3, 0.4) is 0 Å². The van der Waals surface area contributed by atoms with Crippen molar-refractivity contribution in [1.82, 2.24) is 4.90 Å². The van der Waals surface area contributed by atoms with E-state index in [-0.39, 0.29) is 23.1 Å². The Hall–Kier alpha value is -2.04. The van der Waals surface area contributed by atoms with Gasteiger partial charge in [-0.25, -0.2) is 0 Å². The molecule has 0 unspecified atom stereocenters. The van der Waals surface area contributed by atoms with Crippen LogP contribution >= 0.6 is 0 Å². The molecule has 1 aromatic carbocycles. The summed E-state index contributed by atoms with van der Waals surface area (Å²) in [4.78, 5) is 25.9. The van der Waals surface area contributed by atoms with Crippen LogP contribution < -0.4 is 10.1 Å². The van der Waals surface area contributed by atoms with Crippen molar-refractivity contribution in [3.8, 4) is 5.75 Å². The van der Waals surface area contributed by atoms with E-state index in [4.69, 9.17) is 4.74 Å². The molecule has 138 valence electrons. The number of hydrogen-bond donors (Lipinski definition) is 1. The number of aryl methyl sites for hydroxylation is 1. The third kappa shape index (κ3) is 4.53. The van der Waals surface area contributed by atoms with Crippen molar-refractivity contribution >= 4 is 17.5 Å². The Bertz CT molecular complexity index is 654. The number of piperidine rings is 1. The molecule has 0 bridgehead atoms. The molecule has 1 aliphatic heterocycles. The summed E-state index contributed by atoms with van der Waals surface area (Å²) in [5, 5.41) is 3.09. The number of carbonyl (C=O) groups excluding carboxylic acids is 2. The van der Waals surface area contributed by atoms with Gasteiger partial charge in [-0.05, 0) is 42.9 Å². The molecule has 1 fully saturated rings. The van der Waals surface area contributed by atoms with Crippen LogP contribution in [0.15, 0.2) is 12.1 Å². The fraction of sp³-hybridized carbons (Fsp3) is 0.600. The summed E-state index contributed by atoms with van der Waals surface area (Å²) in [5.41, 5.74) is 2.82. The Morgan fingerprint density at radius 2 is 1.80 bits per heavy atom. The minimum absolute atomic E-state index is 0.0383. The maximum absolute atomic E-state index is 12.7. The first-order valence-corrected chi connectivity index (χ1v) is 8.89. The topological polar surface area (TPSA) is 58.6 Å². The van der Waals surface area contributed by atoms with Gasteiger partial charge in [0.2, 0.25) is 11.8 Å². The van der Waals surface area contributed by atoms with Gasteiger partial charge in [0.05, 0.1) is 7.11 Å². The number of methoxy groups -OCH3 is 1. The SMILES string of the molecule is COc1cc(C)c(NC(=O)C2CCN(C(C)=O)CC2)cc1C(C)(C)C. The van der Waals surface area contributed by atoms with Crippen LogP contribution in [0.1, 0.15) is 51.7 Å². The lowest BCUT2D eigenvalue weighted by Gasteiger charge is -2.31. The van der Waals surface area contributed by atoms with Crippen molar-refractivity contribution in [1.29, 1.82) is 0 Å². The second-order valence-electron chi connectivity index (χ2n) is 7.89. The second kappa shape index (κ2) is 7.46. The molecule has 5 nitrogen and oxygen atoms in total. The van der Waals surface area contributed by atoms with E-state index in [9.17, 15) is 9.59 Å². The first-order chi connectivity index (χ1) is 11.6. The van der Waals surface area contributed by atoms with Crippen LogP contribution in [-0.4, -0.2) is 36.9 Å². The number of carbonyl (C=O) groups is 2. The van der Waals surface area contributed by atoms with E-state index in [2.05, 4.69) is 26.1 Å². The van der Waals surface area contributed by atoms with Crippen molar-refractivity contribution in [3.63, 3.8) is 0 Å². The van der Waals surface area contributed by atoms with Gasteiger partial charge >= 0.3 is 0 Å². The number of hydrogen-bond acceptors (Lipinski definition) is 3. The van der Waals surface area contributed by atoms with E-state index < -0.39 is 0 Å². The average molecular weight is 346 g/mol. The standard InChI is InChI=1S/C20H30N2O3/c1-13-11-18(25-6)16(20(3,4)5)12-17(13)21-19(24)15-7-9-22(10-8-15)14(2)23/h11-12,15H,7-10H2,1-6H3,(H,21,24). The maximum Gasteiger partial charge on any atom is 0.227 e. The summed E-state index contributed by atoms with van der Waals surface area (Å²) in [7, 11) is 1.67. The molecule has 0 radical (unpaired) electrons. The Balaban J connectivity index is 2.14. The summed E-state index contributed by atoms with van der Waals surface area (Å²) in [5.74, 6) is 0.920. The Labute approximate surface area is 150 Å². The molecule has 0 aromatic heterocycles. The summed E-state index contributed by atoms with van der Waals surface area (Å²) in [6.07, 6.45) is 1.43. The highest BCUT2D eigenvalue weighted by Gasteiger charge is 2.27. The van der Waals surface area contributed by atoms with Gasteiger partial charge in [0, 0.05) is 37.2 Å². The molecular weight excluding hydrogens is 316 g/mol. The Morgan fingerprint density at radius 3 is 2.28 bits per heavy atom. The van der Waals surface area contributed by atoms with Crippen LogP contribution in [0.5, 0.6) is 5.75 Å². The smallest absolute Gasteiger partial charge is 0.227 e. The van der Waals surface area contributed by atoms with Gasteiger partial charge < -0.3 is 15.0 Å². The third-order valence-electron chi connectivity index (χ3n) is 4.92. The molecule has 0 saturated carbocycles. The lowest BCUT2D eigenvalue weighted by atomic mass is 9.85. The largest absolute Gasteiger partial charge is 0.496 e. The first kappa shape index (κ1) is 19.3. The van der Waals surface area contributed by atoms with Crippen LogP contribution in [-0.2, 0) is 15.0 Å². The van der Waals surface area contributed by atoms with Crippen molar-refractivity contribution in [3.05, 3.63) is 23.3 Å². The molecule has 1 heterocycles. The van der Waals surface area contributed by atoms with Crippen LogP contribution in [0.25, 0.3) is 0 Å². The van der Waals surface area contributed by atoms with Gasteiger partial charge in [0.25, 0.3) is 0 Å². The number of likely N-dealkylation sites (tertiary alicyclic amines) is 1. The lowest BCUT2D eigenvalue weighted by molar-refractivity contribution is -0.132. The monoisotopic (exact) mass is 346 g/mol. The highest BCUT2D eigenvalue weighted by molar-refractivity contribution is 5.93. The highest BCUT2D eigenvalue weighted by Crippen LogP contribution is 2.35. The number of ether oxygens (including phenoxy) is 1. The Kier molecular flexibility index (Phi) is 5.76. The molecule has 2 amide bonds. The van der Waals surface area contributed by atoms with Gasteiger partial charge in [-0.15, -0.1) is 0 Å². The number of rotatable bonds is 3. The first-order valence-electron chi connectivity index (χ1n) is 8.89. The number of nitrogens with zero attached hydrogens (tertiary/aromatic N) is 1. The zero-order valence-corrected chi connectivity index (χ0v) is 16.2. The maximum atomic E-state index is 12.7. The molecule has 25 heavy (non-hydrogen) atoms. The van der Waals surface area contributed by atoms with Crippen LogP contribution in [0, 0.1) is 12.8 Å². The zero-order valence-electron chi connectivity index (χ0n) is 16.2. The van der Waals surface area contributed by atoms with Gasteiger partial charge in [-0.2, -0.15) is 0 Å². The van der Waals surface area contributed by atoms with E-state index in [1.54, 1.807) is 18.9 Å². The number of anilines is 1. The molecule has 0 aliphatic carbocycles. The number of nitrogens with one attached hydrogen (secondary N) is 1. The average Bonchev–Trinajstić information content (AvgIpc) is 2.55. The van der Waals surface area contributed by atoms with E-state index in [0.29, 0.717) is 25.9 Å². The van der Waals surface area contributed by atoms with E-state index in [1.807, 2.05) is 19.1 Å². The summed E-state index contributed by atoms with van der Waals surface area (Å²) >= 11 is 0. The predicted molar refractivity (Wildman–Crippen MR) is 100 cm³/mol. The Morgan fingerprint density at radius 1 is 1.20 bits per heavy atom. The van der Waals surface area contributed by atoms with E-state index in [0.717, 1.165) is 22.6 Å². The quantitative estimate of drug-likeness (QED) is 0.911. The molecule has 0 spiro atoms. The summed E-state index contributed by atoms with van der Waals surface area (Å²) in [6, 6.07) is 4.01. The van der Waals surface area contributed by atoms with Crippen molar-refractivity contribution in [2.45, 2.75) is 52.9 Å². The summed E-state index contributed by atoms with van der Waals surface area (Å²) in [6.45, 7) is 11.2. The predicted octanol–water partition coefficient (Wildman–Crippen LogP) is 3.50. The summed E-state index contributed by atoms with van der Waals surface area (Å²) < 4.78 is 5.51. The number of benzene rings is 1. The van der Waals surface area contributed by atoms with E-state index in [1.165, 1.54) is 0 Å². The molecule has 1 aliphatic rings. The lowest BCUT2D eigenvalue weighted by Crippen LogP contribution is -2.40. The molecule has 1 N–H and O–H groups in total. The van der Waals surface area contributed by atoms with Gasteiger partial charge in [-0.1, -0.05) is 20.8 Å². The minimum atomic E-state index is -0.0780. The van der Waals surface area contributed by atoms with Crippen molar-refractivity contribution < 1.29 is 14.3 Å². The van der Waals surface area contributed by atoms with E-state index >= 15 is 0 Å². The van der Waals surface area contributed by atoms with Crippen LogP contribution in [0.4, 0.5) is 5.69 Å². The van der Waals surface area contributed by atoms with Crippen LogP contribution in [0.2, 0.25) is 0 Å². The van der Waals surface area contributed by atoms with Gasteiger partial charge in [0.15, 0.2) is 0 Å². The molecule has 1 saturated heterocycles. The fourth-order valence-electron chi connectivity index (χ4n) is 3.26. The van der Waals surface area contributed by atoms with Crippen molar-refractivity contribution in [2.24, 2.45) is 5.92 Å². The molecule has 5 heteroatoms. The second-order valence-corrected chi connectivity index (χ2v) is 7.89. The van der Waals surface area contributed by atoms with Gasteiger partial charge in [-0.3, -0.25) is 9.59 Å². The zero-order chi connectivity index (χ0) is 18.8. The molecule has 0 atom stereocenters. The molecule has 1 aromatic rings. The highest BCUT2D eigenvalue weighted by atomic mass is 16.5. The fourth-order valence-corrected chi connectivity index (χ4v) is 3.26. The van der Waals surface area contributed by atoms with Gasteiger partial charge in [0.1, 0.15) is 5.75 Å². The number of amides is 2. The minimum Gasteiger partial charge on any atom is -0.496 e.